The van der Waals surface area contributed by atoms with Crippen LogP contribution in [0.4, 0.5) is 0 Å². The van der Waals surface area contributed by atoms with Gasteiger partial charge in [0, 0.05) is 6.54 Å². The normalized spacial score (nSPS) is 12.2. The fourth-order valence-electron chi connectivity index (χ4n) is 0.838. The summed E-state index contributed by atoms with van der Waals surface area (Å²) in [5.41, 5.74) is 0. The van der Waals surface area contributed by atoms with Gasteiger partial charge in [-0.1, -0.05) is 18.4 Å². The molecule has 0 rings (SSSR count). The molecule has 0 aliphatic rings. The zero-order valence-corrected chi connectivity index (χ0v) is 9.25. The molecule has 0 radical (unpaired) electrons. The van der Waals surface area contributed by atoms with Crippen LogP contribution in [-0.4, -0.2) is 37.0 Å². The van der Waals surface area contributed by atoms with Gasteiger partial charge < -0.3 is 4.90 Å². The highest BCUT2D eigenvalue weighted by atomic mass is 32.7. The van der Waals surface area contributed by atoms with Crippen LogP contribution >= 0.6 is 18.4 Å². The molecule has 0 aliphatic carbocycles. The van der Waals surface area contributed by atoms with Crippen molar-refractivity contribution in [2.24, 2.45) is 0 Å². The molecule has 1 unspecified atom stereocenters. The minimum Gasteiger partial charge on any atom is -0.303 e. The zero-order chi connectivity index (χ0) is 8.69. The van der Waals surface area contributed by atoms with Crippen molar-refractivity contribution in [3.05, 3.63) is 0 Å². The number of hydrogen-bond acceptors (Lipinski definition) is 3. The van der Waals surface area contributed by atoms with Crippen LogP contribution in [0.5, 0.6) is 0 Å². The lowest BCUT2D eigenvalue weighted by Gasteiger charge is -2.15. The summed E-state index contributed by atoms with van der Waals surface area (Å²) in [4.78, 5) is 2.34. The van der Waals surface area contributed by atoms with Crippen molar-refractivity contribution in [1.29, 1.82) is 0 Å². The molecule has 0 aliphatic heterocycles. The number of nitrogens with zero attached hydrogens (tertiary/aromatic N) is 1. The Bertz CT molecular complexity index is 117. The van der Waals surface area contributed by atoms with E-state index in [-0.39, 0.29) is 0 Å². The van der Waals surface area contributed by atoms with Crippen LogP contribution in [0.2, 0.25) is 0 Å². The Morgan fingerprint density at radius 2 is 1.91 bits per heavy atom. The lowest BCUT2D eigenvalue weighted by molar-refractivity contribution is 0.324. The molecule has 0 fully saturated rings. The maximum Gasteiger partial charge on any atom is 0.407 e. The Morgan fingerprint density at radius 1 is 1.36 bits per heavy atom. The van der Waals surface area contributed by atoms with Crippen LogP contribution in [-0.2, 0) is 4.57 Å². The first-order chi connectivity index (χ1) is 5.20. The van der Waals surface area contributed by atoms with E-state index in [9.17, 15) is 4.57 Å². The van der Waals surface area contributed by atoms with Crippen molar-refractivity contribution in [2.75, 3.05) is 32.1 Å². The maximum absolute atomic E-state index is 10.7. The topological polar surface area (TPSA) is 20.3 Å². The van der Waals surface area contributed by atoms with Crippen LogP contribution in [0.3, 0.4) is 0 Å². The Kier molecular flexibility index (Phi) is 7.34. The van der Waals surface area contributed by atoms with E-state index < -0.39 is 7.00 Å². The van der Waals surface area contributed by atoms with Crippen molar-refractivity contribution in [3.8, 4) is 0 Å². The molecule has 0 N–H and O–H groups in total. The van der Waals surface area contributed by atoms with Gasteiger partial charge in [0.1, 0.15) is 18.0 Å². The van der Waals surface area contributed by atoms with E-state index in [1.807, 2.05) is 0 Å². The van der Waals surface area contributed by atoms with E-state index in [1.54, 1.807) is 18.0 Å². The summed E-state index contributed by atoms with van der Waals surface area (Å²) >= 11 is 1.56. The molecule has 0 saturated heterocycles. The molecule has 0 aromatic rings. The van der Waals surface area contributed by atoms with Crippen molar-refractivity contribution in [2.45, 2.75) is 13.8 Å². The van der Waals surface area contributed by atoms with Gasteiger partial charge in [0.25, 0.3) is 0 Å². The van der Waals surface area contributed by atoms with E-state index in [1.165, 1.54) is 0 Å². The molecule has 0 amide bonds. The van der Waals surface area contributed by atoms with E-state index in [2.05, 4.69) is 18.7 Å². The van der Waals surface area contributed by atoms with E-state index in [4.69, 9.17) is 0 Å². The van der Waals surface area contributed by atoms with Gasteiger partial charge in [0.15, 0.2) is 0 Å². The standard InChI is InChI=1S/C7H17NOPS/c1-4-8(5-2)6-7-11-10(3)9/h4-7H2,1-3H3/q+1. The fraction of sp³-hybridized carbons (Fsp3) is 1.00. The van der Waals surface area contributed by atoms with Crippen LogP contribution in [0.25, 0.3) is 0 Å². The molecule has 2 nitrogen and oxygen atoms in total. The quantitative estimate of drug-likeness (QED) is 0.606. The van der Waals surface area contributed by atoms with Gasteiger partial charge in [0.2, 0.25) is 0 Å². The molecule has 0 aromatic heterocycles. The van der Waals surface area contributed by atoms with Gasteiger partial charge >= 0.3 is 7.00 Å². The average molecular weight is 194 g/mol. The Balaban J connectivity index is 3.28. The summed E-state index contributed by atoms with van der Waals surface area (Å²) in [5, 5.41) is 0. The molecule has 66 valence electrons. The molecular formula is C7H17NOPS+. The second-order valence-corrected chi connectivity index (χ2v) is 6.16. The van der Waals surface area contributed by atoms with Crippen molar-refractivity contribution >= 4 is 18.4 Å². The highest BCUT2D eigenvalue weighted by Gasteiger charge is 2.08. The van der Waals surface area contributed by atoms with Crippen LogP contribution in [0, 0.1) is 0 Å². The van der Waals surface area contributed by atoms with Crippen LogP contribution < -0.4 is 0 Å². The molecule has 0 bridgehead atoms. The summed E-state index contributed by atoms with van der Waals surface area (Å²) in [6.45, 7) is 9.32. The second kappa shape index (κ2) is 7.08. The van der Waals surface area contributed by atoms with Gasteiger partial charge in [-0.2, -0.15) is 0 Å². The second-order valence-electron chi connectivity index (χ2n) is 2.30. The van der Waals surface area contributed by atoms with E-state index in [0.717, 1.165) is 25.4 Å². The molecule has 0 spiro atoms. The fourth-order valence-corrected chi connectivity index (χ4v) is 2.45. The highest BCUT2D eigenvalue weighted by Crippen LogP contribution is 2.32. The Morgan fingerprint density at radius 3 is 2.27 bits per heavy atom. The third-order valence-electron chi connectivity index (χ3n) is 1.58. The van der Waals surface area contributed by atoms with Gasteiger partial charge in [-0.15, -0.1) is 0 Å². The van der Waals surface area contributed by atoms with Crippen molar-refractivity contribution in [3.63, 3.8) is 0 Å². The van der Waals surface area contributed by atoms with Crippen LogP contribution in [0.1, 0.15) is 13.8 Å². The van der Waals surface area contributed by atoms with Crippen molar-refractivity contribution in [1.82, 2.24) is 4.90 Å². The third-order valence-corrected chi connectivity index (χ3v) is 3.94. The van der Waals surface area contributed by atoms with E-state index in [0.29, 0.717) is 0 Å². The van der Waals surface area contributed by atoms with Crippen LogP contribution in [0.15, 0.2) is 0 Å². The lowest BCUT2D eigenvalue weighted by Crippen LogP contribution is -2.25. The van der Waals surface area contributed by atoms with Gasteiger partial charge in [-0.3, -0.25) is 0 Å². The molecule has 0 aromatic carbocycles. The molecule has 4 heteroatoms. The maximum atomic E-state index is 10.7. The Hall–Kier alpha value is 0.410. The summed E-state index contributed by atoms with van der Waals surface area (Å²) < 4.78 is 10.7. The molecule has 0 heterocycles. The zero-order valence-electron chi connectivity index (χ0n) is 7.54. The van der Waals surface area contributed by atoms with Gasteiger partial charge in [0.05, 0.1) is 5.75 Å². The highest BCUT2D eigenvalue weighted by molar-refractivity contribution is 8.51. The first-order valence-corrected chi connectivity index (χ1v) is 7.26. The van der Waals surface area contributed by atoms with Gasteiger partial charge in [-0.05, 0) is 13.1 Å². The summed E-state index contributed by atoms with van der Waals surface area (Å²) in [6, 6.07) is 0. The lowest BCUT2D eigenvalue weighted by atomic mass is 10.5. The summed E-state index contributed by atoms with van der Waals surface area (Å²) in [6.07, 6.45) is 0. The molecular weight excluding hydrogens is 177 g/mol. The third kappa shape index (κ3) is 6.79. The summed E-state index contributed by atoms with van der Waals surface area (Å²) in [5.74, 6) is 0.993. The molecule has 0 saturated carbocycles. The smallest absolute Gasteiger partial charge is 0.303 e. The predicted molar refractivity (Wildman–Crippen MR) is 53.8 cm³/mol. The monoisotopic (exact) mass is 194 g/mol. The first-order valence-electron chi connectivity index (χ1n) is 3.96. The number of hydrogen-bond donors (Lipinski definition) is 0. The predicted octanol–water partition coefficient (Wildman–Crippen LogP) is 2.43. The minimum atomic E-state index is -1.00. The van der Waals surface area contributed by atoms with Crippen molar-refractivity contribution < 1.29 is 4.57 Å². The SMILES string of the molecule is CCN(CC)CCS[P+](C)=O. The molecule has 1 atom stereocenters. The van der Waals surface area contributed by atoms with E-state index >= 15 is 0 Å². The largest absolute Gasteiger partial charge is 0.407 e. The number of rotatable bonds is 6. The Labute approximate surface area is 74.3 Å². The first kappa shape index (κ1) is 11.4. The average Bonchev–Trinajstić information content (AvgIpc) is 1.98. The molecule has 11 heavy (non-hydrogen) atoms. The minimum absolute atomic E-state index is 0.993. The summed E-state index contributed by atoms with van der Waals surface area (Å²) in [7, 11) is -1.00. The van der Waals surface area contributed by atoms with Gasteiger partial charge in [-0.25, -0.2) is 0 Å².